The smallest absolute Gasteiger partial charge is 0.238 e. The molecule has 0 aromatic carbocycles. The molecule has 2 unspecified atom stereocenters. The molecule has 2 saturated heterocycles. The molecule has 2 rings (SSSR count). The van der Waals surface area contributed by atoms with Crippen LogP contribution in [0.25, 0.3) is 0 Å². The average molecular weight is 271 g/mol. The first kappa shape index (κ1) is 13.7. The lowest BCUT2D eigenvalue weighted by Crippen LogP contribution is -2.48. The Morgan fingerprint density at radius 2 is 2.22 bits per heavy atom. The first-order valence-corrected chi connectivity index (χ1v) is 7.45. The summed E-state index contributed by atoms with van der Waals surface area (Å²) in [4.78, 5) is 25.7. The third-order valence-corrected chi connectivity index (χ3v) is 4.25. The number of rotatable bonds is 2. The van der Waals surface area contributed by atoms with Gasteiger partial charge in [-0.1, -0.05) is 0 Å². The summed E-state index contributed by atoms with van der Waals surface area (Å²) in [5, 5.41) is 6.11. The van der Waals surface area contributed by atoms with E-state index in [-0.39, 0.29) is 29.4 Å². The highest BCUT2D eigenvalue weighted by molar-refractivity contribution is 7.99. The Balaban J connectivity index is 1.88. The van der Waals surface area contributed by atoms with Crippen molar-refractivity contribution in [3.63, 3.8) is 0 Å². The maximum absolute atomic E-state index is 11.9. The number of nitrogens with zero attached hydrogens (tertiary/aromatic N) is 1. The first-order valence-electron chi connectivity index (χ1n) is 6.30. The van der Waals surface area contributed by atoms with Gasteiger partial charge in [-0.3, -0.25) is 14.9 Å². The molecule has 0 aliphatic carbocycles. The van der Waals surface area contributed by atoms with Crippen LogP contribution in [-0.2, 0) is 9.59 Å². The zero-order valence-corrected chi connectivity index (χ0v) is 12.0. The van der Waals surface area contributed by atoms with Crippen LogP contribution in [0.1, 0.15) is 27.2 Å². The second kappa shape index (κ2) is 5.09. The molecule has 2 amide bonds. The summed E-state index contributed by atoms with van der Waals surface area (Å²) in [5.41, 5.74) is -0.169. The number of thioether (sulfide) groups is 1. The molecule has 2 aliphatic heterocycles. The van der Waals surface area contributed by atoms with E-state index in [4.69, 9.17) is 0 Å². The zero-order chi connectivity index (χ0) is 13.3. The Morgan fingerprint density at radius 3 is 2.72 bits per heavy atom. The van der Waals surface area contributed by atoms with Crippen molar-refractivity contribution in [2.45, 2.75) is 44.8 Å². The van der Waals surface area contributed by atoms with Crippen molar-refractivity contribution in [2.75, 3.05) is 18.2 Å². The molecular weight excluding hydrogens is 250 g/mol. The van der Waals surface area contributed by atoms with Crippen LogP contribution in [-0.4, -0.2) is 52.5 Å². The normalized spacial score (nSPS) is 28.8. The van der Waals surface area contributed by atoms with Crippen LogP contribution in [0.15, 0.2) is 0 Å². The van der Waals surface area contributed by atoms with Gasteiger partial charge in [-0.15, -0.1) is 11.8 Å². The summed E-state index contributed by atoms with van der Waals surface area (Å²) >= 11 is 1.72. The quantitative estimate of drug-likeness (QED) is 0.751. The fraction of sp³-hybridized carbons (Fsp3) is 0.833. The Bertz CT molecular complexity index is 348. The molecule has 6 heteroatoms. The number of carbonyl (C=O) groups excluding carboxylic acids is 2. The molecule has 2 N–H and O–H groups in total. The largest absolute Gasteiger partial charge is 0.350 e. The van der Waals surface area contributed by atoms with Gasteiger partial charge in [-0.05, 0) is 20.8 Å². The van der Waals surface area contributed by atoms with E-state index < -0.39 is 0 Å². The maximum atomic E-state index is 11.9. The van der Waals surface area contributed by atoms with E-state index in [1.165, 1.54) is 0 Å². The van der Waals surface area contributed by atoms with Crippen LogP contribution in [0.3, 0.4) is 0 Å². The lowest BCUT2D eigenvalue weighted by molar-refractivity contribution is -0.131. The van der Waals surface area contributed by atoms with Gasteiger partial charge in [-0.2, -0.15) is 0 Å². The van der Waals surface area contributed by atoms with E-state index in [1.54, 1.807) is 11.8 Å². The lowest BCUT2D eigenvalue weighted by atomic mass is 10.1. The summed E-state index contributed by atoms with van der Waals surface area (Å²) in [6.45, 7) is 6.67. The molecule has 2 fully saturated rings. The summed E-state index contributed by atoms with van der Waals surface area (Å²) in [6, 6.07) is -0.148. The summed E-state index contributed by atoms with van der Waals surface area (Å²) in [7, 11) is 0. The predicted molar refractivity (Wildman–Crippen MR) is 72.3 cm³/mol. The van der Waals surface area contributed by atoms with E-state index in [0.717, 1.165) is 11.6 Å². The van der Waals surface area contributed by atoms with Gasteiger partial charge < -0.3 is 10.2 Å². The first-order chi connectivity index (χ1) is 8.38. The van der Waals surface area contributed by atoms with Crippen molar-refractivity contribution >= 4 is 23.6 Å². The van der Waals surface area contributed by atoms with Crippen LogP contribution in [0.4, 0.5) is 0 Å². The minimum atomic E-state index is -0.169. The van der Waals surface area contributed by atoms with Crippen molar-refractivity contribution in [3.8, 4) is 0 Å². The van der Waals surface area contributed by atoms with Gasteiger partial charge in [-0.25, -0.2) is 0 Å². The lowest BCUT2D eigenvalue weighted by Gasteiger charge is -2.32. The van der Waals surface area contributed by atoms with Crippen LogP contribution >= 0.6 is 11.8 Å². The number of hydrogen-bond donors (Lipinski definition) is 2. The molecule has 5 nitrogen and oxygen atoms in total. The molecule has 0 radical (unpaired) electrons. The van der Waals surface area contributed by atoms with Crippen LogP contribution in [0.5, 0.6) is 0 Å². The second-order valence-corrected chi connectivity index (χ2v) is 6.89. The molecule has 2 heterocycles. The van der Waals surface area contributed by atoms with Crippen LogP contribution in [0.2, 0.25) is 0 Å². The second-order valence-electron chi connectivity index (χ2n) is 5.86. The van der Waals surface area contributed by atoms with Crippen molar-refractivity contribution in [3.05, 3.63) is 0 Å². The van der Waals surface area contributed by atoms with Crippen molar-refractivity contribution in [2.24, 2.45) is 0 Å². The van der Waals surface area contributed by atoms with Crippen LogP contribution in [0, 0.1) is 0 Å². The van der Waals surface area contributed by atoms with Crippen molar-refractivity contribution < 1.29 is 9.59 Å². The van der Waals surface area contributed by atoms with Gasteiger partial charge in [0.25, 0.3) is 0 Å². The number of nitrogens with one attached hydrogen (secondary N) is 2. The van der Waals surface area contributed by atoms with Gasteiger partial charge in [0, 0.05) is 30.1 Å². The molecule has 2 aliphatic rings. The topological polar surface area (TPSA) is 61.4 Å². The zero-order valence-electron chi connectivity index (χ0n) is 11.2. The fourth-order valence-corrected chi connectivity index (χ4v) is 3.26. The minimum Gasteiger partial charge on any atom is -0.350 e. The van der Waals surface area contributed by atoms with E-state index in [0.29, 0.717) is 13.0 Å². The number of hydrogen-bond acceptors (Lipinski definition) is 4. The molecule has 0 bridgehead atoms. The molecule has 0 aromatic heterocycles. The molecule has 18 heavy (non-hydrogen) atoms. The number of amides is 2. The number of carbonyl (C=O) groups is 2. The van der Waals surface area contributed by atoms with E-state index >= 15 is 0 Å². The van der Waals surface area contributed by atoms with E-state index in [9.17, 15) is 9.59 Å². The van der Waals surface area contributed by atoms with Gasteiger partial charge >= 0.3 is 0 Å². The Labute approximate surface area is 112 Å². The summed E-state index contributed by atoms with van der Waals surface area (Å²) in [6.07, 6.45) is 0.420. The van der Waals surface area contributed by atoms with Crippen molar-refractivity contribution in [1.29, 1.82) is 0 Å². The standard InChI is InChI=1S/C12H21N3O2S/c1-12(2,3)15-5-8(4-10(15)16)14-11(17)9-6-18-7-13-9/h8-9,13H,4-7H2,1-3H3,(H,14,17). The molecule has 0 spiro atoms. The maximum Gasteiger partial charge on any atom is 0.238 e. The summed E-state index contributed by atoms with van der Waals surface area (Å²) in [5.74, 6) is 1.79. The highest BCUT2D eigenvalue weighted by atomic mass is 32.2. The van der Waals surface area contributed by atoms with Crippen molar-refractivity contribution in [1.82, 2.24) is 15.5 Å². The average Bonchev–Trinajstić information content (AvgIpc) is 2.85. The monoisotopic (exact) mass is 271 g/mol. The molecule has 0 aromatic rings. The van der Waals surface area contributed by atoms with E-state index in [2.05, 4.69) is 10.6 Å². The van der Waals surface area contributed by atoms with Gasteiger partial charge in [0.15, 0.2) is 0 Å². The highest BCUT2D eigenvalue weighted by Crippen LogP contribution is 2.22. The molecule has 2 atom stereocenters. The fourth-order valence-electron chi connectivity index (χ4n) is 2.32. The van der Waals surface area contributed by atoms with Gasteiger partial charge in [0.05, 0.1) is 12.1 Å². The van der Waals surface area contributed by atoms with Gasteiger partial charge in [0.1, 0.15) is 0 Å². The predicted octanol–water partition coefficient (Wildman–Crippen LogP) is 0.165. The molecule has 102 valence electrons. The van der Waals surface area contributed by atoms with Gasteiger partial charge in [0.2, 0.25) is 11.8 Å². The van der Waals surface area contributed by atoms with Crippen LogP contribution < -0.4 is 10.6 Å². The third-order valence-electron chi connectivity index (χ3n) is 3.31. The Kier molecular flexibility index (Phi) is 3.87. The SMILES string of the molecule is CC(C)(C)N1CC(NC(=O)C2CSCN2)CC1=O. The van der Waals surface area contributed by atoms with E-state index in [1.807, 2.05) is 25.7 Å². The third kappa shape index (κ3) is 2.98. The minimum absolute atomic E-state index is 0.0218. The number of likely N-dealkylation sites (tertiary alicyclic amines) is 1. The molecular formula is C12H21N3O2S. The Hall–Kier alpha value is -0.750. The molecule has 0 saturated carbocycles. The highest BCUT2D eigenvalue weighted by Gasteiger charge is 2.37. The summed E-state index contributed by atoms with van der Waals surface area (Å²) < 4.78 is 0. The Morgan fingerprint density at radius 1 is 1.50 bits per heavy atom.